The lowest BCUT2D eigenvalue weighted by atomic mass is 10.2. The van der Waals surface area contributed by atoms with Gasteiger partial charge in [-0.15, -0.1) is 0 Å². The topological polar surface area (TPSA) is 105 Å². The number of nitrogens with zero attached hydrogens (tertiary/aromatic N) is 3. The molecule has 148 valence electrons. The molecule has 3 aromatic heterocycles. The van der Waals surface area contributed by atoms with E-state index >= 15 is 0 Å². The quantitative estimate of drug-likeness (QED) is 0.516. The van der Waals surface area contributed by atoms with Gasteiger partial charge in [0.1, 0.15) is 5.65 Å². The number of hydrogen-bond donors (Lipinski definition) is 3. The molecule has 1 amide bonds. The molecule has 0 aliphatic carbocycles. The van der Waals surface area contributed by atoms with E-state index in [1.165, 1.54) is 7.11 Å². The molecule has 3 rings (SSSR count). The van der Waals surface area contributed by atoms with Crippen LogP contribution in [0.25, 0.3) is 22.4 Å². The van der Waals surface area contributed by atoms with Gasteiger partial charge in [0.25, 0.3) is 0 Å². The second-order valence-corrected chi connectivity index (χ2v) is 6.68. The van der Waals surface area contributed by atoms with Crippen LogP contribution in [0.15, 0.2) is 24.7 Å². The second kappa shape index (κ2) is 8.83. The Morgan fingerprint density at radius 1 is 1.39 bits per heavy atom. The fourth-order valence-corrected chi connectivity index (χ4v) is 2.90. The van der Waals surface area contributed by atoms with Crippen LogP contribution in [-0.4, -0.2) is 45.7 Å². The third kappa shape index (κ3) is 4.66. The first-order valence-corrected chi connectivity index (χ1v) is 9.09. The van der Waals surface area contributed by atoms with Crippen LogP contribution in [-0.2, 0) is 4.74 Å². The Hall–Kier alpha value is -2.94. The van der Waals surface area contributed by atoms with Crippen LogP contribution in [0, 0.1) is 5.82 Å². The first-order valence-electron chi connectivity index (χ1n) is 8.72. The van der Waals surface area contributed by atoms with Gasteiger partial charge >= 0.3 is 6.09 Å². The fourth-order valence-electron chi connectivity index (χ4n) is 2.74. The van der Waals surface area contributed by atoms with Gasteiger partial charge in [-0.1, -0.05) is 11.6 Å². The average Bonchev–Trinajstić information content (AvgIpc) is 3.09. The number of halogens is 2. The molecule has 3 aromatic rings. The van der Waals surface area contributed by atoms with E-state index in [1.54, 1.807) is 18.5 Å². The number of carbonyl (C=O) groups excluding carboxylic acids is 1. The Morgan fingerprint density at radius 2 is 2.21 bits per heavy atom. The number of pyridine rings is 1. The van der Waals surface area contributed by atoms with Gasteiger partial charge in [0.15, 0.2) is 17.5 Å². The molecule has 8 nitrogen and oxygen atoms in total. The van der Waals surface area contributed by atoms with Crippen LogP contribution in [0.4, 0.5) is 15.0 Å². The second-order valence-electron chi connectivity index (χ2n) is 6.25. The van der Waals surface area contributed by atoms with Crippen molar-refractivity contribution in [3.05, 3.63) is 35.5 Å². The van der Waals surface area contributed by atoms with Gasteiger partial charge in [0.2, 0.25) is 0 Å². The van der Waals surface area contributed by atoms with Crippen LogP contribution < -0.4 is 10.6 Å². The number of rotatable bonds is 7. The number of aromatic nitrogens is 4. The van der Waals surface area contributed by atoms with Gasteiger partial charge in [-0.05, 0) is 25.8 Å². The largest absolute Gasteiger partial charge is 0.453 e. The minimum absolute atomic E-state index is 0.0595. The Balaban J connectivity index is 1.71. The van der Waals surface area contributed by atoms with Gasteiger partial charge in [-0.25, -0.2) is 24.1 Å². The zero-order valence-electron chi connectivity index (χ0n) is 15.4. The van der Waals surface area contributed by atoms with Crippen LogP contribution in [0.3, 0.4) is 0 Å². The number of aromatic amines is 1. The lowest BCUT2D eigenvalue weighted by Crippen LogP contribution is -2.25. The highest BCUT2D eigenvalue weighted by Gasteiger charge is 2.15. The first kappa shape index (κ1) is 19.8. The fraction of sp³-hybridized carbons (Fsp3) is 0.333. The van der Waals surface area contributed by atoms with Crippen molar-refractivity contribution in [3.63, 3.8) is 0 Å². The molecular formula is C18H20ClFN6O2. The number of nitrogens with one attached hydrogen (secondary N) is 3. The molecule has 1 atom stereocenters. The van der Waals surface area contributed by atoms with E-state index in [0.29, 0.717) is 41.4 Å². The molecule has 0 aliphatic heterocycles. The highest BCUT2D eigenvalue weighted by Crippen LogP contribution is 2.28. The Labute approximate surface area is 165 Å². The summed E-state index contributed by atoms with van der Waals surface area (Å²) in [5.74, 6) is -0.0687. The number of H-pyrrole nitrogens is 1. The average molecular weight is 407 g/mol. The lowest BCUT2D eigenvalue weighted by Gasteiger charge is -2.15. The van der Waals surface area contributed by atoms with Crippen molar-refractivity contribution in [2.45, 2.75) is 25.8 Å². The minimum Gasteiger partial charge on any atom is -0.453 e. The maximum atomic E-state index is 14.2. The molecule has 3 heterocycles. The maximum Gasteiger partial charge on any atom is 0.406 e. The number of hydrogen-bond acceptors (Lipinski definition) is 6. The molecule has 0 fully saturated rings. The third-order valence-corrected chi connectivity index (χ3v) is 4.34. The van der Waals surface area contributed by atoms with Crippen LogP contribution in [0.1, 0.15) is 19.8 Å². The summed E-state index contributed by atoms with van der Waals surface area (Å²) in [6.45, 7) is 2.38. The Kier molecular flexibility index (Phi) is 6.25. The number of fused-ring (bicyclic) bond motifs is 1. The molecule has 0 spiro atoms. The molecule has 0 aromatic carbocycles. The summed E-state index contributed by atoms with van der Waals surface area (Å²) in [4.78, 5) is 26.7. The predicted octanol–water partition coefficient (Wildman–Crippen LogP) is 3.75. The molecule has 0 saturated heterocycles. The standard InChI is InChI=1S/C18H20ClFN6O2/c1-10(4-3-5-21-18(27)28-2)25-17-14(20)9-24-16(26-17)13-8-23-15-12(13)6-11(19)7-22-15/h6-10H,3-5H2,1-2H3,(H,21,27)(H,22,23)(H,24,25,26)/t10-/m1/s1. The summed E-state index contributed by atoms with van der Waals surface area (Å²) in [7, 11) is 1.31. The predicted molar refractivity (Wildman–Crippen MR) is 105 cm³/mol. The Morgan fingerprint density at radius 3 is 3.00 bits per heavy atom. The SMILES string of the molecule is COC(=O)NCCC[C@@H](C)Nc1nc(-c2c[nH]c3ncc(Cl)cc23)ncc1F. The van der Waals surface area contributed by atoms with Crippen molar-refractivity contribution in [3.8, 4) is 11.4 Å². The monoisotopic (exact) mass is 406 g/mol. The van der Waals surface area contributed by atoms with Gasteiger partial charge in [0.05, 0.1) is 18.3 Å². The third-order valence-electron chi connectivity index (χ3n) is 4.13. The van der Waals surface area contributed by atoms with E-state index in [0.717, 1.165) is 11.6 Å². The summed E-state index contributed by atoms with van der Waals surface area (Å²) < 4.78 is 18.7. The molecule has 0 unspecified atom stereocenters. The summed E-state index contributed by atoms with van der Waals surface area (Å²) in [5.41, 5.74) is 1.33. The number of methoxy groups -OCH3 is 1. The minimum atomic E-state index is -0.542. The lowest BCUT2D eigenvalue weighted by molar-refractivity contribution is 0.171. The summed E-state index contributed by atoms with van der Waals surface area (Å²) in [5, 5.41) is 6.90. The van der Waals surface area contributed by atoms with Crippen molar-refractivity contribution >= 4 is 34.5 Å². The maximum absolute atomic E-state index is 14.2. The zero-order valence-corrected chi connectivity index (χ0v) is 16.2. The van der Waals surface area contributed by atoms with Crippen molar-refractivity contribution < 1.29 is 13.9 Å². The van der Waals surface area contributed by atoms with Crippen molar-refractivity contribution in [2.24, 2.45) is 0 Å². The molecule has 0 saturated carbocycles. The van der Waals surface area contributed by atoms with Crippen LogP contribution in [0.2, 0.25) is 5.02 Å². The van der Waals surface area contributed by atoms with Crippen LogP contribution in [0.5, 0.6) is 0 Å². The summed E-state index contributed by atoms with van der Waals surface area (Å²) >= 11 is 6.03. The van der Waals surface area contributed by atoms with E-state index in [2.05, 4.69) is 35.3 Å². The van der Waals surface area contributed by atoms with Crippen molar-refractivity contribution in [2.75, 3.05) is 19.0 Å². The van der Waals surface area contributed by atoms with E-state index < -0.39 is 11.9 Å². The van der Waals surface area contributed by atoms with E-state index in [1.807, 2.05) is 6.92 Å². The van der Waals surface area contributed by atoms with Crippen molar-refractivity contribution in [1.29, 1.82) is 0 Å². The number of ether oxygens (including phenoxy) is 1. The molecule has 10 heteroatoms. The van der Waals surface area contributed by atoms with E-state index in [-0.39, 0.29) is 11.9 Å². The molecule has 0 bridgehead atoms. The number of amides is 1. The highest BCUT2D eigenvalue weighted by molar-refractivity contribution is 6.31. The smallest absolute Gasteiger partial charge is 0.406 e. The van der Waals surface area contributed by atoms with Gasteiger partial charge in [0, 0.05) is 35.9 Å². The van der Waals surface area contributed by atoms with E-state index in [9.17, 15) is 9.18 Å². The van der Waals surface area contributed by atoms with Gasteiger partial charge < -0.3 is 20.4 Å². The van der Waals surface area contributed by atoms with Gasteiger partial charge in [-0.2, -0.15) is 0 Å². The van der Waals surface area contributed by atoms with E-state index in [4.69, 9.17) is 11.6 Å². The Bertz CT molecular complexity index is 980. The summed E-state index contributed by atoms with van der Waals surface area (Å²) in [6, 6.07) is 1.70. The normalized spacial score (nSPS) is 12.0. The summed E-state index contributed by atoms with van der Waals surface area (Å²) in [6.07, 6.45) is 5.32. The molecule has 0 aliphatic rings. The number of anilines is 1. The highest BCUT2D eigenvalue weighted by atomic mass is 35.5. The number of carbonyl (C=O) groups is 1. The van der Waals surface area contributed by atoms with Gasteiger partial charge in [-0.3, -0.25) is 0 Å². The molecular weight excluding hydrogens is 387 g/mol. The zero-order chi connectivity index (χ0) is 20.1. The number of alkyl carbamates (subject to hydrolysis) is 1. The molecule has 28 heavy (non-hydrogen) atoms. The molecule has 0 radical (unpaired) electrons. The first-order chi connectivity index (χ1) is 13.5. The van der Waals surface area contributed by atoms with Crippen LogP contribution >= 0.6 is 11.6 Å². The van der Waals surface area contributed by atoms with Crippen molar-refractivity contribution in [1.82, 2.24) is 25.3 Å². The molecule has 3 N–H and O–H groups in total.